The first-order valence-electron chi connectivity index (χ1n) is 7.40. The fraction of sp³-hybridized carbons (Fsp3) is 0.923. The van der Waals surface area contributed by atoms with Gasteiger partial charge in [-0.1, -0.05) is 13.3 Å². The second kappa shape index (κ2) is 5.54. The molecule has 0 N–H and O–H groups in total. The predicted octanol–water partition coefficient (Wildman–Crippen LogP) is 0.516. The molecule has 0 spiro atoms. The van der Waals surface area contributed by atoms with Crippen LogP contribution in [-0.4, -0.2) is 62.2 Å². The van der Waals surface area contributed by atoms with Crippen molar-refractivity contribution in [3.05, 3.63) is 5.82 Å². The maximum absolute atomic E-state index is 4.28. The minimum absolute atomic E-state index is 0.722. The summed E-state index contributed by atoms with van der Waals surface area (Å²) in [6, 6.07) is 0.858. The molecular formula is C13H24N6. The number of tetrazole rings is 1. The topological polar surface area (TPSA) is 50.1 Å². The number of aryl methyl sites for hydroxylation is 1. The van der Waals surface area contributed by atoms with Gasteiger partial charge in [-0.3, -0.25) is 9.80 Å². The van der Waals surface area contributed by atoms with Gasteiger partial charge in [0, 0.05) is 32.2 Å². The molecule has 6 nitrogen and oxygen atoms in total. The highest BCUT2D eigenvalue weighted by atomic mass is 15.6. The van der Waals surface area contributed by atoms with Gasteiger partial charge in [-0.2, -0.15) is 4.80 Å². The van der Waals surface area contributed by atoms with Crippen LogP contribution in [0.4, 0.5) is 0 Å². The van der Waals surface area contributed by atoms with E-state index in [4.69, 9.17) is 0 Å². The molecule has 2 heterocycles. The monoisotopic (exact) mass is 264 g/mol. The Morgan fingerprint density at radius 3 is 2.68 bits per heavy atom. The molecule has 0 bridgehead atoms. The minimum Gasteiger partial charge on any atom is -0.299 e. The number of hydrogen-bond acceptors (Lipinski definition) is 5. The van der Waals surface area contributed by atoms with E-state index in [2.05, 4.69) is 32.1 Å². The average molecular weight is 264 g/mol. The van der Waals surface area contributed by atoms with Gasteiger partial charge in [0.15, 0.2) is 5.82 Å². The molecule has 0 radical (unpaired) electrons. The summed E-state index contributed by atoms with van der Waals surface area (Å²) in [5, 5.41) is 12.3. The maximum Gasteiger partial charge on any atom is 0.188 e. The summed E-state index contributed by atoms with van der Waals surface area (Å²) in [6.45, 7) is 7.88. The Kier molecular flexibility index (Phi) is 3.79. The lowest BCUT2D eigenvalue weighted by atomic mass is 9.91. The molecule has 1 aliphatic heterocycles. The van der Waals surface area contributed by atoms with Crippen molar-refractivity contribution in [1.82, 2.24) is 30.0 Å². The van der Waals surface area contributed by atoms with E-state index in [1.54, 1.807) is 0 Å². The predicted molar refractivity (Wildman–Crippen MR) is 72.5 cm³/mol. The third kappa shape index (κ3) is 3.12. The number of rotatable bonds is 3. The maximum atomic E-state index is 4.28. The van der Waals surface area contributed by atoms with Gasteiger partial charge in [0.2, 0.25) is 0 Å². The number of hydrogen-bond donors (Lipinski definition) is 0. The zero-order valence-corrected chi connectivity index (χ0v) is 12.0. The van der Waals surface area contributed by atoms with Crippen LogP contribution in [0.5, 0.6) is 0 Å². The van der Waals surface area contributed by atoms with Crippen molar-refractivity contribution >= 4 is 0 Å². The van der Waals surface area contributed by atoms with Crippen LogP contribution < -0.4 is 0 Å². The van der Waals surface area contributed by atoms with E-state index in [0.29, 0.717) is 0 Å². The molecular weight excluding hydrogens is 240 g/mol. The quantitative estimate of drug-likeness (QED) is 0.796. The van der Waals surface area contributed by atoms with Crippen LogP contribution in [0.15, 0.2) is 0 Å². The van der Waals surface area contributed by atoms with E-state index in [9.17, 15) is 0 Å². The Morgan fingerprint density at radius 2 is 2.05 bits per heavy atom. The van der Waals surface area contributed by atoms with Gasteiger partial charge in [-0.15, -0.1) is 10.2 Å². The molecule has 2 aliphatic rings. The molecule has 106 valence electrons. The zero-order chi connectivity index (χ0) is 13.2. The Balaban J connectivity index is 1.57. The van der Waals surface area contributed by atoms with Crippen molar-refractivity contribution < 1.29 is 0 Å². The molecule has 1 saturated carbocycles. The van der Waals surface area contributed by atoms with Gasteiger partial charge in [-0.05, 0) is 24.0 Å². The second-order valence-electron chi connectivity index (χ2n) is 6.12. The lowest BCUT2D eigenvalue weighted by Crippen LogP contribution is -2.43. The summed E-state index contributed by atoms with van der Waals surface area (Å²) in [5.41, 5.74) is 0. The highest BCUT2D eigenvalue weighted by Gasteiger charge is 2.29. The summed E-state index contributed by atoms with van der Waals surface area (Å²) in [4.78, 5) is 6.70. The number of aromatic nitrogens is 4. The Labute approximate surface area is 114 Å². The van der Waals surface area contributed by atoms with Crippen LogP contribution in [0.3, 0.4) is 0 Å². The summed E-state index contributed by atoms with van der Waals surface area (Å²) >= 11 is 0. The molecule has 1 aromatic heterocycles. The van der Waals surface area contributed by atoms with Crippen LogP contribution in [0.1, 0.15) is 32.0 Å². The first-order chi connectivity index (χ1) is 9.20. The van der Waals surface area contributed by atoms with Crippen molar-refractivity contribution in [2.45, 2.75) is 38.8 Å². The first kappa shape index (κ1) is 13.0. The Bertz CT molecular complexity index is 413. The smallest absolute Gasteiger partial charge is 0.188 e. The fourth-order valence-corrected chi connectivity index (χ4v) is 3.17. The molecule has 0 aromatic carbocycles. The Hall–Kier alpha value is -1.01. The summed E-state index contributed by atoms with van der Waals surface area (Å²) in [6.07, 6.45) is 4.22. The second-order valence-corrected chi connectivity index (χ2v) is 6.12. The Morgan fingerprint density at radius 1 is 1.21 bits per heavy atom. The number of nitrogens with zero attached hydrogens (tertiary/aromatic N) is 6. The van der Waals surface area contributed by atoms with Gasteiger partial charge in [-0.25, -0.2) is 0 Å². The van der Waals surface area contributed by atoms with Crippen LogP contribution in [0.25, 0.3) is 0 Å². The van der Waals surface area contributed by atoms with Gasteiger partial charge in [0.05, 0.1) is 13.6 Å². The average Bonchev–Trinajstić information content (AvgIpc) is 2.59. The van der Waals surface area contributed by atoms with Gasteiger partial charge >= 0.3 is 0 Å². The van der Waals surface area contributed by atoms with E-state index in [-0.39, 0.29) is 0 Å². The highest BCUT2D eigenvalue weighted by molar-refractivity contribution is 4.86. The highest BCUT2D eigenvalue weighted by Crippen LogP contribution is 2.26. The van der Waals surface area contributed by atoms with Crippen LogP contribution in [-0.2, 0) is 13.6 Å². The summed E-state index contributed by atoms with van der Waals surface area (Å²) < 4.78 is 0. The van der Waals surface area contributed by atoms with Crippen LogP contribution in [0.2, 0.25) is 0 Å². The lowest BCUT2D eigenvalue weighted by molar-refractivity contribution is 0.122. The van der Waals surface area contributed by atoms with Gasteiger partial charge in [0.1, 0.15) is 0 Å². The molecule has 1 aromatic rings. The van der Waals surface area contributed by atoms with Crippen molar-refractivity contribution in [2.75, 3.05) is 26.2 Å². The molecule has 3 rings (SSSR count). The van der Waals surface area contributed by atoms with Crippen molar-refractivity contribution in [3.8, 4) is 0 Å². The fourth-order valence-electron chi connectivity index (χ4n) is 3.17. The van der Waals surface area contributed by atoms with E-state index < -0.39 is 0 Å². The van der Waals surface area contributed by atoms with Crippen LogP contribution >= 0.6 is 0 Å². The third-order valence-electron chi connectivity index (χ3n) is 4.33. The largest absolute Gasteiger partial charge is 0.299 e. The molecule has 0 unspecified atom stereocenters. The SMILES string of the molecule is C[C@@H]1CN(Cc2nnn(C)n2)CCN(C2CCC2)C1. The van der Waals surface area contributed by atoms with Crippen molar-refractivity contribution in [2.24, 2.45) is 13.0 Å². The molecule has 1 atom stereocenters. The summed E-state index contributed by atoms with van der Waals surface area (Å²) in [5.74, 6) is 1.56. The van der Waals surface area contributed by atoms with E-state index in [1.807, 2.05) is 7.05 Å². The van der Waals surface area contributed by atoms with Gasteiger partial charge in [0.25, 0.3) is 0 Å². The molecule has 19 heavy (non-hydrogen) atoms. The molecule has 6 heteroatoms. The molecule has 0 amide bonds. The van der Waals surface area contributed by atoms with E-state index >= 15 is 0 Å². The standard InChI is InChI=1S/C13H24N6/c1-11-8-18(10-13-14-16-17(2)15-13)6-7-19(9-11)12-4-3-5-12/h11-12H,3-10H2,1-2H3/t11-/m1/s1. The van der Waals surface area contributed by atoms with E-state index in [0.717, 1.165) is 37.4 Å². The first-order valence-corrected chi connectivity index (χ1v) is 7.40. The zero-order valence-electron chi connectivity index (χ0n) is 12.0. The van der Waals surface area contributed by atoms with Crippen molar-refractivity contribution in [1.29, 1.82) is 0 Å². The summed E-state index contributed by atoms with van der Waals surface area (Å²) in [7, 11) is 1.82. The van der Waals surface area contributed by atoms with E-state index in [1.165, 1.54) is 37.1 Å². The lowest BCUT2D eigenvalue weighted by Gasteiger charge is -2.37. The molecule has 2 fully saturated rings. The van der Waals surface area contributed by atoms with Gasteiger partial charge < -0.3 is 0 Å². The van der Waals surface area contributed by atoms with Crippen LogP contribution in [0, 0.1) is 5.92 Å². The third-order valence-corrected chi connectivity index (χ3v) is 4.33. The molecule has 1 aliphatic carbocycles. The minimum atomic E-state index is 0.722. The normalized spacial score (nSPS) is 27.2. The molecule has 1 saturated heterocycles. The van der Waals surface area contributed by atoms with Crippen molar-refractivity contribution in [3.63, 3.8) is 0 Å².